The summed E-state index contributed by atoms with van der Waals surface area (Å²) in [5.74, 6) is -0.842. The van der Waals surface area contributed by atoms with Crippen molar-refractivity contribution in [2.24, 2.45) is 0 Å². The number of carbonyl (C=O) groups is 2. The van der Waals surface area contributed by atoms with E-state index in [1.54, 1.807) is 49.1 Å². The lowest BCUT2D eigenvalue weighted by Gasteiger charge is -2.11. The van der Waals surface area contributed by atoms with E-state index >= 15 is 0 Å². The van der Waals surface area contributed by atoms with Gasteiger partial charge in [0.15, 0.2) is 0 Å². The lowest BCUT2D eigenvalue weighted by Crippen LogP contribution is -2.11. The van der Waals surface area contributed by atoms with Crippen molar-refractivity contribution in [3.63, 3.8) is 0 Å². The van der Waals surface area contributed by atoms with E-state index in [2.05, 4.69) is 9.97 Å². The Labute approximate surface area is 161 Å². The molecule has 2 aromatic heterocycles. The molecule has 0 saturated heterocycles. The third kappa shape index (κ3) is 4.91. The lowest BCUT2D eigenvalue weighted by atomic mass is 10.1. The van der Waals surface area contributed by atoms with Gasteiger partial charge in [-0.25, -0.2) is 9.59 Å². The molecule has 7 nitrogen and oxygen atoms in total. The zero-order valence-corrected chi connectivity index (χ0v) is 15.2. The fourth-order valence-corrected chi connectivity index (χ4v) is 2.41. The van der Waals surface area contributed by atoms with Gasteiger partial charge in [-0.15, -0.1) is 0 Å². The number of aromatic nitrogens is 2. The summed E-state index contributed by atoms with van der Waals surface area (Å²) >= 11 is 0. The van der Waals surface area contributed by atoms with E-state index in [0.717, 1.165) is 11.1 Å². The molecular formula is C21H18N2O5. The number of pyridine rings is 2. The standard InChI is InChI=1S/C21H18N2O5/c1-26-19-3-2-17(20(24)27-13-15-4-8-22-9-5-15)12-18(19)21(25)28-14-16-6-10-23-11-7-16/h2-12H,13-14H2,1H3. The van der Waals surface area contributed by atoms with Crippen LogP contribution in [0.2, 0.25) is 0 Å². The minimum absolute atomic E-state index is 0.0845. The Kier molecular flexibility index (Phi) is 6.30. The number of esters is 2. The molecular weight excluding hydrogens is 360 g/mol. The Hall–Kier alpha value is -3.74. The average Bonchev–Trinajstić information content (AvgIpc) is 2.76. The van der Waals surface area contributed by atoms with Crippen LogP contribution in [0.1, 0.15) is 31.8 Å². The van der Waals surface area contributed by atoms with Gasteiger partial charge in [0.1, 0.15) is 24.5 Å². The molecule has 142 valence electrons. The summed E-state index contributed by atoms with van der Waals surface area (Å²) in [6.07, 6.45) is 6.47. The number of methoxy groups -OCH3 is 1. The summed E-state index contributed by atoms with van der Waals surface area (Å²) in [4.78, 5) is 32.6. The Balaban J connectivity index is 1.70. The summed E-state index contributed by atoms with van der Waals surface area (Å²) in [7, 11) is 1.44. The quantitative estimate of drug-likeness (QED) is 0.583. The summed E-state index contributed by atoms with van der Waals surface area (Å²) in [6.45, 7) is 0.191. The Bertz CT molecular complexity index is 946. The van der Waals surface area contributed by atoms with Crippen molar-refractivity contribution >= 4 is 11.9 Å². The number of rotatable bonds is 7. The van der Waals surface area contributed by atoms with Gasteiger partial charge in [0, 0.05) is 24.8 Å². The molecule has 0 radical (unpaired) electrons. The fraction of sp³-hybridized carbons (Fsp3) is 0.143. The smallest absolute Gasteiger partial charge is 0.342 e. The minimum Gasteiger partial charge on any atom is -0.496 e. The van der Waals surface area contributed by atoms with Crippen molar-refractivity contribution in [1.82, 2.24) is 9.97 Å². The molecule has 0 saturated carbocycles. The van der Waals surface area contributed by atoms with Crippen LogP contribution in [0.3, 0.4) is 0 Å². The molecule has 0 amide bonds. The van der Waals surface area contributed by atoms with Gasteiger partial charge in [0.2, 0.25) is 0 Å². The first-order valence-corrected chi connectivity index (χ1v) is 8.47. The first kappa shape index (κ1) is 19.0. The monoisotopic (exact) mass is 378 g/mol. The third-order valence-corrected chi connectivity index (χ3v) is 3.89. The SMILES string of the molecule is COc1ccc(C(=O)OCc2ccncc2)cc1C(=O)OCc1ccncc1. The Morgan fingerprint density at radius 2 is 1.32 bits per heavy atom. The van der Waals surface area contributed by atoms with Gasteiger partial charge in [0.05, 0.1) is 12.7 Å². The molecule has 0 atom stereocenters. The summed E-state index contributed by atoms with van der Waals surface area (Å²) in [5.41, 5.74) is 1.99. The first-order valence-electron chi connectivity index (χ1n) is 8.47. The predicted octanol–water partition coefficient (Wildman–Crippen LogP) is 3.20. The molecule has 0 aliphatic heterocycles. The molecule has 0 unspecified atom stereocenters. The first-order chi connectivity index (χ1) is 13.7. The van der Waals surface area contributed by atoms with Crippen molar-refractivity contribution in [1.29, 1.82) is 0 Å². The van der Waals surface area contributed by atoms with Gasteiger partial charge in [-0.3, -0.25) is 9.97 Å². The minimum atomic E-state index is -0.600. The van der Waals surface area contributed by atoms with E-state index in [9.17, 15) is 9.59 Å². The Morgan fingerprint density at radius 3 is 1.86 bits per heavy atom. The van der Waals surface area contributed by atoms with Crippen LogP contribution in [0.15, 0.2) is 67.3 Å². The van der Waals surface area contributed by atoms with E-state index in [0.29, 0.717) is 5.75 Å². The third-order valence-electron chi connectivity index (χ3n) is 3.89. The van der Waals surface area contributed by atoms with E-state index < -0.39 is 11.9 Å². The molecule has 28 heavy (non-hydrogen) atoms. The highest BCUT2D eigenvalue weighted by Gasteiger charge is 2.18. The summed E-state index contributed by atoms with van der Waals surface area (Å²) in [5, 5.41) is 0. The van der Waals surface area contributed by atoms with Crippen LogP contribution in [0, 0.1) is 0 Å². The molecule has 0 bridgehead atoms. The zero-order valence-electron chi connectivity index (χ0n) is 15.2. The van der Waals surface area contributed by atoms with Crippen LogP contribution in [-0.4, -0.2) is 29.0 Å². The highest BCUT2D eigenvalue weighted by atomic mass is 16.5. The molecule has 0 aliphatic rings. The second kappa shape index (κ2) is 9.27. The number of benzene rings is 1. The van der Waals surface area contributed by atoms with Gasteiger partial charge in [-0.2, -0.15) is 0 Å². The predicted molar refractivity (Wildman–Crippen MR) is 99.7 cm³/mol. The number of hydrogen-bond donors (Lipinski definition) is 0. The van der Waals surface area contributed by atoms with E-state index in [1.165, 1.54) is 25.3 Å². The molecule has 0 N–H and O–H groups in total. The topological polar surface area (TPSA) is 87.6 Å². The largest absolute Gasteiger partial charge is 0.496 e. The Morgan fingerprint density at radius 1 is 0.786 bits per heavy atom. The van der Waals surface area contributed by atoms with Crippen LogP contribution in [-0.2, 0) is 22.7 Å². The molecule has 0 spiro atoms. The summed E-state index contributed by atoms with van der Waals surface area (Å²) in [6, 6.07) is 11.5. The lowest BCUT2D eigenvalue weighted by molar-refractivity contribution is 0.0467. The van der Waals surface area contributed by atoms with Crippen LogP contribution in [0.5, 0.6) is 5.75 Å². The molecule has 2 heterocycles. The van der Waals surface area contributed by atoms with Crippen LogP contribution in [0.25, 0.3) is 0 Å². The van der Waals surface area contributed by atoms with Gasteiger partial charge >= 0.3 is 11.9 Å². The van der Waals surface area contributed by atoms with Crippen molar-refractivity contribution in [3.8, 4) is 5.75 Å². The molecule has 1 aromatic carbocycles. The van der Waals surface area contributed by atoms with Crippen LogP contribution < -0.4 is 4.74 Å². The average molecular weight is 378 g/mol. The number of carbonyl (C=O) groups excluding carboxylic acids is 2. The van der Waals surface area contributed by atoms with Crippen molar-refractivity contribution < 1.29 is 23.8 Å². The van der Waals surface area contributed by atoms with Gasteiger partial charge in [-0.1, -0.05) is 0 Å². The van der Waals surface area contributed by atoms with Gasteiger partial charge in [-0.05, 0) is 53.6 Å². The number of nitrogens with zero attached hydrogens (tertiary/aromatic N) is 2. The van der Waals surface area contributed by atoms with Gasteiger partial charge in [0.25, 0.3) is 0 Å². The molecule has 0 fully saturated rings. The molecule has 7 heteroatoms. The number of hydrogen-bond acceptors (Lipinski definition) is 7. The number of ether oxygens (including phenoxy) is 3. The van der Waals surface area contributed by atoms with Crippen LogP contribution in [0.4, 0.5) is 0 Å². The van der Waals surface area contributed by atoms with E-state index in [4.69, 9.17) is 14.2 Å². The highest BCUT2D eigenvalue weighted by Crippen LogP contribution is 2.22. The normalized spacial score (nSPS) is 10.2. The second-order valence-corrected chi connectivity index (χ2v) is 5.78. The molecule has 0 aliphatic carbocycles. The highest BCUT2D eigenvalue weighted by molar-refractivity contribution is 5.97. The second-order valence-electron chi connectivity index (χ2n) is 5.78. The zero-order chi connectivity index (χ0) is 19.8. The van der Waals surface area contributed by atoms with Gasteiger partial charge < -0.3 is 14.2 Å². The summed E-state index contributed by atoms with van der Waals surface area (Å²) < 4.78 is 15.8. The molecule has 3 rings (SSSR count). The maximum Gasteiger partial charge on any atom is 0.342 e. The molecule has 3 aromatic rings. The van der Waals surface area contributed by atoms with Crippen molar-refractivity contribution in [3.05, 3.63) is 89.5 Å². The van der Waals surface area contributed by atoms with Crippen molar-refractivity contribution in [2.45, 2.75) is 13.2 Å². The van der Waals surface area contributed by atoms with E-state index in [-0.39, 0.29) is 24.3 Å². The van der Waals surface area contributed by atoms with E-state index in [1.807, 2.05) is 0 Å². The fourth-order valence-electron chi connectivity index (χ4n) is 2.41. The maximum absolute atomic E-state index is 12.5. The van der Waals surface area contributed by atoms with Crippen molar-refractivity contribution in [2.75, 3.05) is 7.11 Å². The van der Waals surface area contributed by atoms with Crippen LogP contribution >= 0.6 is 0 Å². The maximum atomic E-state index is 12.5.